The zero-order valence-corrected chi connectivity index (χ0v) is 13.3. The number of amides is 1. The Labute approximate surface area is 126 Å². The van der Waals surface area contributed by atoms with Crippen molar-refractivity contribution in [1.29, 1.82) is 0 Å². The molecule has 1 aromatic heterocycles. The van der Waals surface area contributed by atoms with Gasteiger partial charge in [-0.25, -0.2) is 0 Å². The monoisotopic (exact) mass is 288 g/mol. The number of aromatic nitrogens is 1. The molecular formula is C16H24N4O. The SMILES string of the molecule is CN(C)C(=O)c1cc(N2CC3CNCC3C2(C)C)ccn1. The van der Waals surface area contributed by atoms with Crippen LogP contribution in [0.2, 0.25) is 0 Å². The first-order chi connectivity index (χ1) is 9.91. The van der Waals surface area contributed by atoms with Crippen LogP contribution in [0.4, 0.5) is 5.69 Å². The minimum atomic E-state index is -0.0456. The second-order valence-corrected chi connectivity index (χ2v) is 6.89. The van der Waals surface area contributed by atoms with Gasteiger partial charge in [0.15, 0.2) is 0 Å². The lowest BCUT2D eigenvalue weighted by Crippen LogP contribution is -2.44. The van der Waals surface area contributed by atoms with Gasteiger partial charge in [-0.2, -0.15) is 0 Å². The van der Waals surface area contributed by atoms with Crippen LogP contribution in [0.1, 0.15) is 24.3 Å². The van der Waals surface area contributed by atoms with E-state index < -0.39 is 0 Å². The van der Waals surface area contributed by atoms with E-state index in [0.29, 0.717) is 17.5 Å². The molecule has 21 heavy (non-hydrogen) atoms. The maximum Gasteiger partial charge on any atom is 0.272 e. The van der Waals surface area contributed by atoms with Gasteiger partial charge >= 0.3 is 0 Å². The second-order valence-electron chi connectivity index (χ2n) is 6.89. The molecule has 2 fully saturated rings. The summed E-state index contributed by atoms with van der Waals surface area (Å²) in [6, 6.07) is 3.95. The van der Waals surface area contributed by atoms with Crippen molar-refractivity contribution < 1.29 is 4.79 Å². The van der Waals surface area contributed by atoms with Gasteiger partial charge < -0.3 is 15.1 Å². The van der Waals surface area contributed by atoms with Crippen LogP contribution in [0.25, 0.3) is 0 Å². The number of anilines is 1. The quantitative estimate of drug-likeness (QED) is 0.889. The Morgan fingerprint density at radius 2 is 2.19 bits per heavy atom. The third kappa shape index (κ3) is 2.29. The zero-order valence-electron chi connectivity index (χ0n) is 13.3. The van der Waals surface area contributed by atoms with E-state index in [2.05, 4.69) is 29.0 Å². The van der Waals surface area contributed by atoms with Crippen LogP contribution in [0, 0.1) is 11.8 Å². The maximum atomic E-state index is 12.1. The van der Waals surface area contributed by atoms with Crippen LogP contribution in [-0.2, 0) is 0 Å². The molecule has 114 valence electrons. The lowest BCUT2D eigenvalue weighted by molar-refractivity contribution is 0.0822. The Morgan fingerprint density at radius 1 is 1.43 bits per heavy atom. The van der Waals surface area contributed by atoms with Crippen molar-refractivity contribution >= 4 is 11.6 Å². The number of nitrogens with one attached hydrogen (secondary N) is 1. The molecule has 2 atom stereocenters. The summed E-state index contributed by atoms with van der Waals surface area (Å²) in [5.41, 5.74) is 1.73. The average Bonchev–Trinajstić information content (AvgIpc) is 3.00. The normalized spacial score (nSPS) is 26.8. The molecular weight excluding hydrogens is 264 g/mol. The average molecular weight is 288 g/mol. The molecule has 2 aliphatic heterocycles. The first-order valence-corrected chi connectivity index (χ1v) is 7.57. The van der Waals surface area contributed by atoms with Gasteiger partial charge in [-0.1, -0.05) is 0 Å². The Balaban J connectivity index is 1.91. The molecule has 1 N–H and O–H groups in total. The minimum absolute atomic E-state index is 0.0456. The van der Waals surface area contributed by atoms with Gasteiger partial charge in [-0.3, -0.25) is 9.78 Å². The molecule has 2 unspecified atom stereocenters. The fraction of sp³-hybridized carbons (Fsp3) is 0.625. The number of hydrogen-bond acceptors (Lipinski definition) is 4. The highest BCUT2D eigenvalue weighted by molar-refractivity contribution is 5.92. The minimum Gasteiger partial charge on any atom is -0.366 e. The Bertz CT molecular complexity index is 555. The summed E-state index contributed by atoms with van der Waals surface area (Å²) < 4.78 is 0. The molecule has 0 bridgehead atoms. The van der Waals surface area contributed by atoms with E-state index in [0.717, 1.165) is 25.3 Å². The molecule has 2 saturated heterocycles. The van der Waals surface area contributed by atoms with Crippen LogP contribution in [-0.4, -0.2) is 55.1 Å². The van der Waals surface area contributed by atoms with Crippen molar-refractivity contribution in [3.05, 3.63) is 24.0 Å². The van der Waals surface area contributed by atoms with Gasteiger partial charge in [0.05, 0.1) is 0 Å². The molecule has 1 amide bonds. The number of nitrogens with zero attached hydrogens (tertiary/aromatic N) is 3. The molecule has 3 rings (SSSR count). The van der Waals surface area contributed by atoms with Crippen LogP contribution < -0.4 is 10.2 Å². The van der Waals surface area contributed by atoms with Crippen LogP contribution in [0.5, 0.6) is 0 Å². The fourth-order valence-electron chi connectivity index (χ4n) is 3.79. The smallest absolute Gasteiger partial charge is 0.272 e. The number of fused-ring (bicyclic) bond motifs is 1. The van der Waals surface area contributed by atoms with E-state index in [-0.39, 0.29) is 11.4 Å². The maximum absolute atomic E-state index is 12.1. The number of carbonyl (C=O) groups excluding carboxylic acids is 1. The van der Waals surface area contributed by atoms with Crippen molar-refractivity contribution in [3.8, 4) is 0 Å². The third-order valence-electron chi connectivity index (χ3n) is 5.04. The summed E-state index contributed by atoms with van der Waals surface area (Å²) in [7, 11) is 3.51. The highest BCUT2D eigenvalue weighted by Crippen LogP contribution is 2.43. The summed E-state index contributed by atoms with van der Waals surface area (Å²) in [4.78, 5) is 20.3. The molecule has 2 aliphatic rings. The fourth-order valence-corrected chi connectivity index (χ4v) is 3.79. The summed E-state index contributed by atoms with van der Waals surface area (Å²) in [6.45, 7) is 7.84. The van der Waals surface area contributed by atoms with E-state index in [1.54, 1.807) is 25.2 Å². The van der Waals surface area contributed by atoms with E-state index in [9.17, 15) is 4.79 Å². The van der Waals surface area contributed by atoms with Crippen molar-refractivity contribution in [2.24, 2.45) is 11.8 Å². The number of rotatable bonds is 2. The Hall–Kier alpha value is -1.62. The zero-order chi connectivity index (χ0) is 15.2. The van der Waals surface area contributed by atoms with Gasteiger partial charge in [0.1, 0.15) is 5.69 Å². The van der Waals surface area contributed by atoms with Gasteiger partial charge in [0.2, 0.25) is 0 Å². The van der Waals surface area contributed by atoms with E-state index in [1.807, 2.05) is 12.1 Å². The van der Waals surface area contributed by atoms with Crippen LogP contribution in [0.3, 0.4) is 0 Å². The molecule has 0 aromatic carbocycles. The Kier molecular flexibility index (Phi) is 3.40. The van der Waals surface area contributed by atoms with Gasteiger partial charge in [0, 0.05) is 51.2 Å². The topological polar surface area (TPSA) is 48.5 Å². The highest BCUT2D eigenvalue weighted by atomic mass is 16.2. The highest BCUT2D eigenvalue weighted by Gasteiger charge is 2.49. The van der Waals surface area contributed by atoms with E-state index >= 15 is 0 Å². The summed E-state index contributed by atoms with van der Waals surface area (Å²) in [5.74, 6) is 1.32. The third-order valence-corrected chi connectivity index (χ3v) is 5.04. The number of carbonyl (C=O) groups is 1. The Morgan fingerprint density at radius 3 is 2.86 bits per heavy atom. The lowest BCUT2D eigenvalue weighted by Gasteiger charge is -2.37. The summed E-state index contributed by atoms with van der Waals surface area (Å²) >= 11 is 0. The van der Waals surface area contributed by atoms with E-state index in [4.69, 9.17) is 0 Å². The number of pyridine rings is 1. The van der Waals surface area contributed by atoms with Gasteiger partial charge in [-0.05, 0) is 37.8 Å². The molecule has 0 radical (unpaired) electrons. The van der Waals surface area contributed by atoms with Crippen molar-refractivity contribution in [3.63, 3.8) is 0 Å². The first kappa shape index (κ1) is 14.3. The largest absolute Gasteiger partial charge is 0.366 e. The molecule has 0 saturated carbocycles. The van der Waals surface area contributed by atoms with Gasteiger partial charge in [0.25, 0.3) is 5.91 Å². The molecule has 3 heterocycles. The standard InChI is InChI=1S/C16H24N4O/c1-16(2)13-9-17-8-11(13)10-20(16)12-5-6-18-14(7-12)15(21)19(3)4/h5-7,11,13,17H,8-10H2,1-4H3. The predicted octanol–water partition coefficient (Wildman–Crippen LogP) is 1.22. The van der Waals surface area contributed by atoms with Crippen LogP contribution in [0.15, 0.2) is 18.3 Å². The molecule has 0 spiro atoms. The van der Waals surface area contributed by atoms with Crippen molar-refractivity contribution in [2.75, 3.05) is 38.6 Å². The lowest BCUT2D eigenvalue weighted by atomic mass is 9.85. The van der Waals surface area contributed by atoms with Crippen molar-refractivity contribution in [2.45, 2.75) is 19.4 Å². The molecule has 5 heteroatoms. The summed E-state index contributed by atoms with van der Waals surface area (Å²) in [6.07, 6.45) is 1.74. The number of hydrogen-bond donors (Lipinski definition) is 1. The molecule has 0 aliphatic carbocycles. The second kappa shape index (κ2) is 4.98. The molecule has 5 nitrogen and oxygen atoms in total. The first-order valence-electron chi connectivity index (χ1n) is 7.57. The predicted molar refractivity (Wildman–Crippen MR) is 83.5 cm³/mol. The molecule has 1 aromatic rings. The van der Waals surface area contributed by atoms with E-state index in [1.165, 1.54) is 0 Å². The van der Waals surface area contributed by atoms with Crippen LogP contribution >= 0.6 is 0 Å². The summed E-state index contributed by atoms with van der Waals surface area (Å²) in [5, 5.41) is 3.50. The van der Waals surface area contributed by atoms with Gasteiger partial charge in [-0.15, -0.1) is 0 Å². The van der Waals surface area contributed by atoms with Crippen molar-refractivity contribution in [1.82, 2.24) is 15.2 Å².